The number of anilines is 1. The number of hydrogen-bond acceptors (Lipinski definition) is 1. The molecule has 0 saturated carbocycles. The van der Waals surface area contributed by atoms with Crippen molar-refractivity contribution in [2.75, 3.05) is 0.519 Å². The van der Waals surface area contributed by atoms with Crippen LogP contribution in [0.5, 0.6) is 0 Å². The summed E-state index contributed by atoms with van der Waals surface area (Å²) in [6.07, 6.45) is 0. The van der Waals surface area contributed by atoms with E-state index in [0.717, 1.165) is 52.1 Å². The fraction of sp³-hybridized carbons (Fsp3) is 0. The molecule has 40 valence electrons. The van der Waals surface area contributed by atoms with E-state index in [9.17, 15) is 0 Å². The van der Waals surface area contributed by atoms with E-state index in [1.165, 1.54) is 5.69 Å². The standard InChI is InChI=1S/C6H5N.2Tl/c7-6-4-2-1-3-5-6;;/h1-5H;;. The average Bonchev–Trinajstić information content (AvgIpc) is 1.90. The molecule has 0 fully saturated rings. The first-order valence-corrected chi connectivity index (χ1v) is 6.67. The van der Waals surface area contributed by atoms with Crippen LogP contribution in [0.3, 0.4) is 0 Å². The van der Waals surface area contributed by atoms with Crippen LogP contribution in [0, 0.1) is 0 Å². The van der Waals surface area contributed by atoms with Gasteiger partial charge in [-0.1, -0.05) is 0 Å². The topological polar surface area (TPSA) is 3.24 Å². The summed E-state index contributed by atoms with van der Waals surface area (Å²) in [5.41, 5.74) is 1.40. The van der Waals surface area contributed by atoms with Crippen molar-refractivity contribution < 1.29 is 0 Å². The quantitative estimate of drug-likeness (QED) is 0.513. The first-order valence-electron chi connectivity index (χ1n) is 2.65. The van der Waals surface area contributed by atoms with Crippen LogP contribution in [0.25, 0.3) is 0 Å². The maximum absolute atomic E-state index is 2.42. The molecule has 1 nitrogen and oxygen atoms in total. The first kappa shape index (κ1) is 7.97. The van der Waals surface area contributed by atoms with Gasteiger partial charge in [-0.25, -0.2) is 0 Å². The third-order valence-corrected chi connectivity index (χ3v) is 3.37. The molecule has 1 aromatic carbocycles. The van der Waals surface area contributed by atoms with Gasteiger partial charge in [0, 0.05) is 0 Å². The van der Waals surface area contributed by atoms with Crippen molar-refractivity contribution in [1.29, 1.82) is 0 Å². The van der Waals surface area contributed by atoms with Gasteiger partial charge in [0.15, 0.2) is 0 Å². The summed E-state index contributed by atoms with van der Waals surface area (Å²) < 4.78 is 2.42. The summed E-state index contributed by atoms with van der Waals surface area (Å²) in [6.45, 7) is 0. The molecule has 1 rings (SSSR count). The second-order valence-corrected chi connectivity index (χ2v) is 15.1. The van der Waals surface area contributed by atoms with Gasteiger partial charge in [-0.15, -0.1) is 0 Å². The van der Waals surface area contributed by atoms with Crippen LogP contribution in [0.1, 0.15) is 0 Å². The van der Waals surface area contributed by atoms with E-state index in [1.807, 2.05) is 0 Å². The molecule has 0 spiro atoms. The van der Waals surface area contributed by atoms with Crippen LogP contribution in [0.2, 0.25) is 0 Å². The maximum atomic E-state index is 2.42. The van der Waals surface area contributed by atoms with Crippen molar-refractivity contribution in [3.05, 3.63) is 30.3 Å². The number of benzene rings is 1. The average molecular weight is 500 g/mol. The van der Waals surface area contributed by atoms with E-state index >= 15 is 0 Å². The van der Waals surface area contributed by atoms with Crippen LogP contribution in [0.15, 0.2) is 30.3 Å². The summed E-state index contributed by atoms with van der Waals surface area (Å²) in [4.78, 5) is 0. The van der Waals surface area contributed by atoms with Gasteiger partial charge >= 0.3 is 88.7 Å². The molecular weight excluding hydrogens is 495 g/mol. The molecule has 0 aliphatic carbocycles. The molecule has 0 amide bonds. The zero-order valence-electron chi connectivity index (χ0n) is 4.99. The van der Waals surface area contributed by atoms with E-state index in [-0.39, 0.29) is 0 Å². The SMILES string of the molecule is [Tl][N]([Tl])c1ccccc1. The minimum absolute atomic E-state index is 0.974. The predicted octanol–water partition coefficient (Wildman–Crippen LogP) is 0.660. The molecule has 1 aromatic rings. The molecule has 0 radical (unpaired) electrons. The molecule has 0 N–H and O–H groups in total. The normalized spacial score (nSPS) is 8.67. The van der Waals surface area contributed by atoms with Crippen LogP contribution in [-0.2, 0) is 0 Å². The molecule has 0 bridgehead atoms. The summed E-state index contributed by atoms with van der Waals surface area (Å²) in [7, 11) is 0. The molecule has 0 aliphatic heterocycles. The van der Waals surface area contributed by atoms with Gasteiger partial charge in [0.2, 0.25) is 0 Å². The van der Waals surface area contributed by atoms with Gasteiger partial charge in [-0.05, 0) is 0 Å². The Morgan fingerprint density at radius 2 is 1.56 bits per heavy atom. The minimum atomic E-state index is 0.974. The fourth-order valence-corrected chi connectivity index (χ4v) is 1.94. The zero-order valence-corrected chi connectivity index (χ0v) is 14.0. The van der Waals surface area contributed by atoms with Crippen molar-refractivity contribution in [3.63, 3.8) is 0 Å². The van der Waals surface area contributed by atoms with Crippen molar-refractivity contribution in [1.82, 2.24) is 0 Å². The third kappa shape index (κ3) is 2.52. The Balaban J connectivity index is 2.85. The van der Waals surface area contributed by atoms with Crippen molar-refractivity contribution in [2.24, 2.45) is 0 Å². The summed E-state index contributed by atoms with van der Waals surface area (Å²) in [6, 6.07) is 10.6. The molecule has 0 aromatic heterocycles. The van der Waals surface area contributed by atoms with Gasteiger partial charge < -0.3 is 0 Å². The van der Waals surface area contributed by atoms with Gasteiger partial charge in [0.05, 0.1) is 0 Å². The van der Waals surface area contributed by atoms with Crippen molar-refractivity contribution >= 4 is 57.8 Å². The van der Waals surface area contributed by atoms with Gasteiger partial charge in [0.1, 0.15) is 0 Å². The second-order valence-electron chi connectivity index (χ2n) is 1.74. The fourth-order valence-electron chi connectivity index (χ4n) is 0.600. The summed E-state index contributed by atoms with van der Waals surface area (Å²) in [5.74, 6) is 0. The number of rotatable bonds is 1. The van der Waals surface area contributed by atoms with Crippen LogP contribution in [-0.4, -0.2) is 52.1 Å². The number of para-hydroxylation sites is 1. The Morgan fingerprint density at radius 3 is 1.89 bits per heavy atom. The second kappa shape index (κ2) is 3.89. The molecule has 0 aliphatic rings. The number of hydrogen-bond donors (Lipinski definition) is 0. The first-order chi connectivity index (χ1) is 4.30. The molecule has 0 unspecified atom stereocenters. The predicted molar refractivity (Wildman–Crippen MR) is 40.4 cm³/mol. The van der Waals surface area contributed by atoms with Crippen LogP contribution in [0.4, 0.5) is 5.69 Å². The van der Waals surface area contributed by atoms with E-state index in [2.05, 4.69) is 30.9 Å². The summed E-state index contributed by atoms with van der Waals surface area (Å²) in [5, 5.41) is 0. The monoisotopic (exact) mass is 501 g/mol. The van der Waals surface area contributed by atoms with E-state index in [4.69, 9.17) is 0 Å². The van der Waals surface area contributed by atoms with Crippen LogP contribution >= 0.6 is 0 Å². The Morgan fingerprint density at radius 1 is 1.00 bits per heavy atom. The van der Waals surface area contributed by atoms with E-state index in [0.29, 0.717) is 0 Å². The molecule has 3 heteroatoms. The van der Waals surface area contributed by atoms with Crippen LogP contribution < -0.4 is 0.519 Å². The summed E-state index contributed by atoms with van der Waals surface area (Å²) >= 11 is 1.95. The Kier molecular flexibility index (Phi) is 3.45. The number of nitrogens with zero attached hydrogens (tertiary/aromatic N) is 1. The van der Waals surface area contributed by atoms with Gasteiger partial charge in [0.25, 0.3) is 0 Å². The van der Waals surface area contributed by atoms with Gasteiger partial charge in [-0.3, -0.25) is 0 Å². The zero-order chi connectivity index (χ0) is 6.69. The van der Waals surface area contributed by atoms with Crippen molar-refractivity contribution in [2.45, 2.75) is 0 Å². The molecule has 0 heterocycles. The third-order valence-electron chi connectivity index (χ3n) is 1.05. The van der Waals surface area contributed by atoms with E-state index in [1.54, 1.807) is 0 Å². The molecular formula is C6H5NTl2. The molecule has 9 heavy (non-hydrogen) atoms. The van der Waals surface area contributed by atoms with E-state index < -0.39 is 0 Å². The Bertz CT molecular complexity index is 174. The molecule has 0 atom stereocenters. The Labute approximate surface area is 87.7 Å². The van der Waals surface area contributed by atoms with Crippen molar-refractivity contribution in [3.8, 4) is 0 Å². The Hall–Kier alpha value is 0.864. The van der Waals surface area contributed by atoms with Gasteiger partial charge in [-0.2, -0.15) is 0 Å². The molecule has 0 saturated heterocycles.